The quantitative estimate of drug-likeness (QED) is 0.464. The fourth-order valence-corrected chi connectivity index (χ4v) is 4.02. The number of hydrogen-bond acceptors (Lipinski definition) is 3. The second kappa shape index (κ2) is 10.4. The molecule has 1 unspecified atom stereocenters. The molecule has 142 valence electrons. The zero-order valence-corrected chi connectivity index (χ0v) is 17.6. The maximum atomic E-state index is 12.5. The molecule has 1 saturated carbocycles. The van der Waals surface area contributed by atoms with E-state index >= 15 is 0 Å². The number of ether oxygens (including phenoxy) is 1. The lowest BCUT2D eigenvalue weighted by Crippen LogP contribution is -2.48. The molecule has 0 spiro atoms. The smallest absolute Gasteiger partial charge is 0.411 e. The van der Waals surface area contributed by atoms with Crippen LogP contribution in [0.3, 0.4) is 0 Å². The van der Waals surface area contributed by atoms with Crippen molar-refractivity contribution < 1.29 is 9.53 Å². The SMILES string of the molecule is CC(C)CN(C(=O)OCC[Si](C)(C)C)C(N)CCC1CCCCC1. The highest BCUT2D eigenvalue weighted by molar-refractivity contribution is 6.76. The summed E-state index contributed by atoms with van der Waals surface area (Å²) in [5, 5.41) is 0. The van der Waals surface area contributed by atoms with Crippen LogP contribution in [0.5, 0.6) is 0 Å². The molecule has 0 saturated heterocycles. The summed E-state index contributed by atoms with van der Waals surface area (Å²) in [6.45, 7) is 12.3. The third-order valence-electron chi connectivity index (χ3n) is 4.87. The Balaban J connectivity index is 2.47. The van der Waals surface area contributed by atoms with Gasteiger partial charge in [0.15, 0.2) is 0 Å². The first-order valence-corrected chi connectivity index (χ1v) is 13.6. The van der Waals surface area contributed by atoms with Crippen LogP contribution in [0, 0.1) is 11.8 Å². The van der Waals surface area contributed by atoms with Crippen molar-refractivity contribution in [1.29, 1.82) is 0 Å². The highest BCUT2D eigenvalue weighted by Gasteiger charge is 2.25. The fourth-order valence-electron chi connectivity index (χ4n) is 3.30. The molecule has 4 nitrogen and oxygen atoms in total. The van der Waals surface area contributed by atoms with Gasteiger partial charge in [-0.15, -0.1) is 0 Å². The standard InChI is InChI=1S/C19H40N2O2Si/c1-16(2)15-21(19(22)23-13-14-24(3,4)5)18(20)12-11-17-9-7-6-8-10-17/h16-18H,6-15,20H2,1-5H3. The fraction of sp³-hybridized carbons (Fsp3) is 0.947. The third-order valence-corrected chi connectivity index (χ3v) is 6.57. The van der Waals surface area contributed by atoms with Gasteiger partial charge in [0.1, 0.15) is 0 Å². The lowest BCUT2D eigenvalue weighted by molar-refractivity contribution is 0.0811. The minimum Gasteiger partial charge on any atom is -0.450 e. The average molecular weight is 357 g/mol. The van der Waals surface area contributed by atoms with Crippen molar-refractivity contribution in [3.05, 3.63) is 0 Å². The van der Waals surface area contributed by atoms with Crippen molar-refractivity contribution in [2.45, 2.75) is 90.6 Å². The summed E-state index contributed by atoms with van der Waals surface area (Å²) in [7, 11) is -1.18. The number of hydrogen-bond donors (Lipinski definition) is 1. The molecule has 0 aliphatic heterocycles. The van der Waals surface area contributed by atoms with E-state index in [4.69, 9.17) is 10.5 Å². The van der Waals surface area contributed by atoms with Crippen molar-refractivity contribution in [3.8, 4) is 0 Å². The van der Waals surface area contributed by atoms with Gasteiger partial charge in [-0.2, -0.15) is 0 Å². The minimum absolute atomic E-state index is 0.214. The van der Waals surface area contributed by atoms with Gasteiger partial charge in [-0.05, 0) is 30.7 Å². The highest BCUT2D eigenvalue weighted by atomic mass is 28.3. The second-order valence-corrected chi connectivity index (χ2v) is 14.7. The van der Waals surface area contributed by atoms with Gasteiger partial charge in [-0.3, -0.25) is 4.90 Å². The highest BCUT2D eigenvalue weighted by Crippen LogP contribution is 2.28. The van der Waals surface area contributed by atoms with Crippen LogP contribution in [0.4, 0.5) is 4.79 Å². The second-order valence-electron chi connectivity index (χ2n) is 9.12. The maximum absolute atomic E-state index is 12.5. The Morgan fingerprint density at radius 2 is 1.83 bits per heavy atom. The zero-order valence-electron chi connectivity index (χ0n) is 16.6. The van der Waals surface area contributed by atoms with E-state index < -0.39 is 8.07 Å². The maximum Gasteiger partial charge on any atom is 0.411 e. The Labute approximate surface area is 150 Å². The summed E-state index contributed by atoms with van der Waals surface area (Å²) >= 11 is 0. The number of nitrogens with zero attached hydrogens (tertiary/aromatic N) is 1. The normalized spacial score (nSPS) is 17.8. The van der Waals surface area contributed by atoms with Gasteiger partial charge in [0.25, 0.3) is 0 Å². The number of carbonyl (C=O) groups excluding carboxylic acids is 1. The molecular formula is C19H40N2O2Si. The Morgan fingerprint density at radius 3 is 2.38 bits per heavy atom. The number of carbonyl (C=O) groups is 1. The van der Waals surface area contributed by atoms with Crippen LogP contribution in [0.2, 0.25) is 25.7 Å². The Morgan fingerprint density at radius 1 is 1.21 bits per heavy atom. The van der Waals surface area contributed by atoms with Crippen LogP contribution in [0.1, 0.15) is 58.8 Å². The first-order chi connectivity index (χ1) is 11.2. The van der Waals surface area contributed by atoms with Gasteiger partial charge in [0.2, 0.25) is 0 Å². The average Bonchev–Trinajstić information content (AvgIpc) is 2.49. The monoisotopic (exact) mass is 356 g/mol. The van der Waals surface area contributed by atoms with Gasteiger partial charge in [0, 0.05) is 14.6 Å². The van der Waals surface area contributed by atoms with E-state index in [0.29, 0.717) is 19.1 Å². The van der Waals surface area contributed by atoms with Gasteiger partial charge in [-0.1, -0.05) is 65.6 Å². The van der Waals surface area contributed by atoms with Crippen molar-refractivity contribution in [2.75, 3.05) is 13.2 Å². The summed E-state index contributed by atoms with van der Waals surface area (Å²) in [4.78, 5) is 14.3. The van der Waals surface area contributed by atoms with Crippen molar-refractivity contribution in [3.63, 3.8) is 0 Å². The molecule has 5 heteroatoms. The molecular weight excluding hydrogens is 316 g/mol. The lowest BCUT2D eigenvalue weighted by atomic mass is 9.86. The van der Waals surface area contributed by atoms with Gasteiger partial charge < -0.3 is 10.5 Å². The van der Waals surface area contributed by atoms with E-state index in [2.05, 4.69) is 33.5 Å². The van der Waals surface area contributed by atoms with E-state index in [0.717, 1.165) is 24.8 Å². The Kier molecular flexibility index (Phi) is 9.35. The molecule has 0 aromatic carbocycles. The largest absolute Gasteiger partial charge is 0.450 e. The topological polar surface area (TPSA) is 55.6 Å². The summed E-state index contributed by atoms with van der Waals surface area (Å²) in [5.41, 5.74) is 6.38. The van der Waals surface area contributed by atoms with Crippen molar-refractivity contribution in [1.82, 2.24) is 4.90 Å². The van der Waals surface area contributed by atoms with Crippen LogP contribution in [-0.4, -0.2) is 38.4 Å². The van der Waals surface area contributed by atoms with Gasteiger partial charge in [0.05, 0.1) is 12.8 Å². The van der Waals surface area contributed by atoms with Crippen LogP contribution in [-0.2, 0) is 4.74 Å². The van der Waals surface area contributed by atoms with E-state index in [1.54, 1.807) is 4.90 Å². The molecule has 0 radical (unpaired) electrons. The molecule has 1 rings (SSSR count). The first kappa shape index (κ1) is 21.5. The van der Waals surface area contributed by atoms with E-state index in [1.807, 2.05) is 0 Å². The molecule has 1 aliphatic carbocycles. The molecule has 0 bridgehead atoms. The van der Waals surface area contributed by atoms with Gasteiger partial charge in [-0.25, -0.2) is 4.79 Å². The molecule has 2 N–H and O–H groups in total. The van der Waals surface area contributed by atoms with Crippen LogP contribution in [0.25, 0.3) is 0 Å². The molecule has 1 atom stereocenters. The molecule has 1 amide bonds. The summed E-state index contributed by atoms with van der Waals surface area (Å²) in [6, 6.07) is 1.01. The molecule has 24 heavy (non-hydrogen) atoms. The summed E-state index contributed by atoms with van der Waals surface area (Å²) in [6.07, 6.45) is 8.34. The molecule has 0 aromatic heterocycles. The molecule has 0 aromatic rings. The Bertz CT molecular complexity index is 363. The van der Waals surface area contributed by atoms with Crippen LogP contribution in [0.15, 0.2) is 0 Å². The predicted molar refractivity (Wildman–Crippen MR) is 105 cm³/mol. The van der Waals surface area contributed by atoms with Gasteiger partial charge >= 0.3 is 6.09 Å². The van der Waals surface area contributed by atoms with E-state index in [1.165, 1.54) is 32.1 Å². The third kappa shape index (κ3) is 9.07. The number of rotatable bonds is 9. The number of nitrogens with two attached hydrogens (primary N) is 1. The first-order valence-electron chi connectivity index (χ1n) is 9.88. The minimum atomic E-state index is -1.18. The molecule has 0 heterocycles. The van der Waals surface area contributed by atoms with Crippen LogP contribution < -0.4 is 5.73 Å². The van der Waals surface area contributed by atoms with Crippen molar-refractivity contribution >= 4 is 14.2 Å². The summed E-state index contributed by atoms with van der Waals surface area (Å²) in [5.74, 6) is 1.20. The van der Waals surface area contributed by atoms with Crippen LogP contribution >= 0.6 is 0 Å². The zero-order chi connectivity index (χ0) is 18.2. The molecule has 1 aliphatic rings. The summed E-state index contributed by atoms with van der Waals surface area (Å²) < 4.78 is 5.54. The number of amides is 1. The lowest BCUT2D eigenvalue weighted by Gasteiger charge is -2.31. The molecule has 1 fully saturated rings. The predicted octanol–water partition coefficient (Wildman–Crippen LogP) is 5.06. The Hall–Kier alpha value is -0.553. The van der Waals surface area contributed by atoms with Crippen molar-refractivity contribution in [2.24, 2.45) is 17.6 Å². The van der Waals surface area contributed by atoms with E-state index in [9.17, 15) is 4.79 Å². The van der Waals surface area contributed by atoms with E-state index in [-0.39, 0.29) is 12.3 Å².